The van der Waals surface area contributed by atoms with E-state index in [0.29, 0.717) is 17.4 Å². The van der Waals surface area contributed by atoms with Crippen LogP contribution in [0.4, 0.5) is 17.1 Å². The maximum absolute atomic E-state index is 12.9. The highest BCUT2D eigenvalue weighted by atomic mass is 16.6. The second kappa shape index (κ2) is 9.03. The summed E-state index contributed by atoms with van der Waals surface area (Å²) < 4.78 is 1.55. The Bertz CT molecular complexity index is 1250. The first-order valence-electron chi connectivity index (χ1n) is 9.41. The predicted octanol–water partition coefficient (Wildman–Crippen LogP) is 3.77. The molecule has 0 fully saturated rings. The fraction of sp³-hybridized carbons (Fsp3) is 0.200. The molecule has 3 rings (SSSR count). The van der Waals surface area contributed by atoms with Crippen molar-refractivity contribution >= 4 is 34.2 Å². The Balaban J connectivity index is 2.02. The molecule has 0 bridgehead atoms. The number of benzene rings is 2. The molecule has 11 heteroatoms. The van der Waals surface area contributed by atoms with Crippen LogP contribution in [0.2, 0.25) is 0 Å². The quantitative estimate of drug-likeness (QED) is 0.316. The molecule has 0 saturated carbocycles. The van der Waals surface area contributed by atoms with Gasteiger partial charge >= 0.3 is 5.69 Å². The largest absolute Gasteiger partial charge is 0.506 e. The van der Waals surface area contributed by atoms with Crippen molar-refractivity contribution in [3.05, 3.63) is 78.6 Å². The Hall–Kier alpha value is -4.28. The van der Waals surface area contributed by atoms with Crippen molar-refractivity contribution in [2.24, 2.45) is 5.10 Å². The molecule has 1 aromatic heterocycles. The van der Waals surface area contributed by atoms with Crippen molar-refractivity contribution in [3.8, 4) is 5.75 Å². The summed E-state index contributed by atoms with van der Waals surface area (Å²) in [5, 5.41) is 37.0. The normalized spacial score (nSPS) is 11.1. The van der Waals surface area contributed by atoms with Crippen LogP contribution in [-0.2, 0) is 6.54 Å². The molecule has 160 valence electrons. The number of non-ortho nitro benzene ring substituents is 1. The van der Waals surface area contributed by atoms with Gasteiger partial charge in [-0.05, 0) is 24.6 Å². The third kappa shape index (κ3) is 4.34. The number of unbranched alkanes of at least 4 members (excludes halogenated alkanes) is 1. The number of anilines is 1. The predicted molar refractivity (Wildman–Crippen MR) is 116 cm³/mol. The third-order valence-electron chi connectivity index (χ3n) is 4.68. The number of rotatable bonds is 8. The van der Waals surface area contributed by atoms with Crippen LogP contribution >= 0.6 is 0 Å². The zero-order valence-corrected chi connectivity index (χ0v) is 16.5. The molecule has 0 saturated heterocycles. The van der Waals surface area contributed by atoms with E-state index in [1.54, 1.807) is 28.8 Å². The van der Waals surface area contributed by atoms with Crippen molar-refractivity contribution in [1.29, 1.82) is 0 Å². The van der Waals surface area contributed by atoms with Gasteiger partial charge in [0.15, 0.2) is 0 Å². The molecule has 31 heavy (non-hydrogen) atoms. The fourth-order valence-corrected chi connectivity index (χ4v) is 3.11. The molecule has 0 amide bonds. The smallest absolute Gasteiger partial charge is 0.301 e. The summed E-state index contributed by atoms with van der Waals surface area (Å²) in [7, 11) is 0. The monoisotopic (exact) mass is 425 g/mol. The second-order valence-electron chi connectivity index (χ2n) is 6.68. The van der Waals surface area contributed by atoms with Crippen LogP contribution in [0.3, 0.4) is 0 Å². The number of fused-ring (bicyclic) bond motifs is 1. The van der Waals surface area contributed by atoms with Gasteiger partial charge in [0, 0.05) is 18.0 Å². The van der Waals surface area contributed by atoms with E-state index in [1.807, 2.05) is 6.92 Å². The lowest BCUT2D eigenvalue weighted by molar-refractivity contribution is -0.393. The van der Waals surface area contributed by atoms with Crippen LogP contribution in [0.15, 0.2) is 52.4 Å². The minimum Gasteiger partial charge on any atom is -0.506 e. The van der Waals surface area contributed by atoms with E-state index in [1.165, 1.54) is 0 Å². The Labute approximate surface area is 175 Å². The van der Waals surface area contributed by atoms with Crippen LogP contribution in [-0.4, -0.2) is 25.7 Å². The number of hydrogen-bond donors (Lipinski definition) is 2. The van der Waals surface area contributed by atoms with Crippen molar-refractivity contribution in [3.63, 3.8) is 0 Å². The molecule has 0 atom stereocenters. The van der Waals surface area contributed by atoms with Crippen molar-refractivity contribution in [1.82, 2.24) is 4.57 Å². The van der Waals surface area contributed by atoms with E-state index < -0.39 is 26.8 Å². The number of nitrogens with zero attached hydrogens (tertiary/aromatic N) is 4. The number of aryl methyl sites for hydroxylation is 1. The number of aromatic hydroxyl groups is 1. The van der Waals surface area contributed by atoms with Gasteiger partial charge in [-0.15, -0.1) is 0 Å². The van der Waals surface area contributed by atoms with Crippen LogP contribution in [0.5, 0.6) is 5.75 Å². The molecule has 0 aliphatic rings. The molecular formula is C20H19N5O6. The maximum atomic E-state index is 12.9. The number of para-hydroxylation sites is 1. The van der Waals surface area contributed by atoms with E-state index in [9.17, 15) is 30.1 Å². The van der Waals surface area contributed by atoms with Gasteiger partial charge in [0.25, 0.3) is 11.2 Å². The summed E-state index contributed by atoms with van der Waals surface area (Å²) in [5.74, 6) is -0.253. The Kier molecular flexibility index (Phi) is 6.24. The summed E-state index contributed by atoms with van der Waals surface area (Å²) in [6, 6.07) is 9.97. The van der Waals surface area contributed by atoms with Gasteiger partial charge in [0.05, 0.1) is 27.6 Å². The Morgan fingerprint density at radius 3 is 2.58 bits per heavy atom. The summed E-state index contributed by atoms with van der Waals surface area (Å²) in [4.78, 5) is 33.5. The van der Waals surface area contributed by atoms with Gasteiger partial charge in [0.2, 0.25) is 0 Å². The first kappa shape index (κ1) is 21.4. The Morgan fingerprint density at radius 2 is 1.90 bits per heavy atom. The maximum Gasteiger partial charge on any atom is 0.301 e. The molecule has 2 aromatic carbocycles. The van der Waals surface area contributed by atoms with E-state index in [0.717, 1.165) is 37.3 Å². The summed E-state index contributed by atoms with van der Waals surface area (Å²) >= 11 is 0. The standard InChI is InChI=1S/C20H19N5O6/c1-2-3-10-23-17-7-5-4-6-14(17)19(26)15(20(23)27)12-21-22-16-9-8-13(24(28)29)11-18(16)25(30)31/h4-9,11-12,22,26H,2-3,10H2,1H3. The van der Waals surface area contributed by atoms with Gasteiger partial charge in [-0.1, -0.05) is 25.5 Å². The van der Waals surface area contributed by atoms with Crippen LogP contribution in [0, 0.1) is 20.2 Å². The summed E-state index contributed by atoms with van der Waals surface area (Å²) in [5.41, 5.74) is 1.40. The van der Waals surface area contributed by atoms with Crippen molar-refractivity contribution in [2.45, 2.75) is 26.3 Å². The van der Waals surface area contributed by atoms with Gasteiger partial charge in [0.1, 0.15) is 17.0 Å². The van der Waals surface area contributed by atoms with Crippen molar-refractivity contribution < 1.29 is 15.0 Å². The van der Waals surface area contributed by atoms with Gasteiger partial charge < -0.3 is 9.67 Å². The molecule has 0 aliphatic heterocycles. The lowest BCUT2D eigenvalue weighted by atomic mass is 10.1. The minimum absolute atomic E-state index is 0.0770. The molecule has 0 radical (unpaired) electrons. The number of nitrogens with one attached hydrogen (secondary N) is 1. The number of nitro benzene ring substituents is 2. The highest BCUT2D eigenvalue weighted by Crippen LogP contribution is 2.29. The number of hydrazone groups is 1. The SMILES string of the molecule is CCCCn1c(=O)c(C=NNc2ccc([N+](=O)[O-])cc2[N+](=O)[O-])c(O)c2ccccc21. The average Bonchev–Trinajstić information content (AvgIpc) is 2.76. The zero-order chi connectivity index (χ0) is 22.5. The number of aromatic nitrogens is 1. The van der Waals surface area contributed by atoms with Crippen molar-refractivity contribution in [2.75, 3.05) is 5.43 Å². The van der Waals surface area contributed by atoms with Gasteiger partial charge in [-0.2, -0.15) is 5.10 Å². The molecule has 0 spiro atoms. The van der Waals surface area contributed by atoms with Crippen LogP contribution in [0.25, 0.3) is 10.9 Å². The third-order valence-corrected chi connectivity index (χ3v) is 4.68. The number of pyridine rings is 1. The van der Waals surface area contributed by atoms with E-state index in [4.69, 9.17) is 0 Å². The van der Waals surface area contributed by atoms with Crippen LogP contribution < -0.4 is 11.0 Å². The highest BCUT2D eigenvalue weighted by molar-refractivity contribution is 5.95. The van der Waals surface area contributed by atoms with E-state index in [2.05, 4.69) is 10.5 Å². The first-order valence-corrected chi connectivity index (χ1v) is 9.41. The molecule has 3 aromatic rings. The van der Waals surface area contributed by atoms with Gasteiger partial charge in [-0.25, -0.2) is 0 Å². The molecule has 2 N–H and O–H groups in total. The highest BCUT2D eigenvalue weighted by Gasteiger charge is 2.19. The topological polar surface area (TPSA) is 153 Å². The van der Waals surface area contributed by atoms with Crippen LogP contribution in [0.1, 0.15) is 25.3 Å². The molecule has 0 aliphatic carbocycles. The number of nitro groups is 2. The Morgan fingerprint density at radius 1 is 1.16 bits per heavy atom. The minimum atomic E-state index is -0.782. The number of hydrogen-bond acceptors (Lipinski definition) is 8. The fourth-order valence-electron chi connectivity index (χ4n) is 3.11. The molecule has 11 nitrogen and oxygen atoms in total. The zero-order valence-electron chi connectivity index (χ0n) is 16.5. The molecule has 1 heterocycles. The van der Waals surface area contributed by atoms with Gasteiger partial charge in [-0.3, -0.25) is 30.4 Å². The van der Waals surface area contributed by atoms with E-state index in [-0.39, 0.29) is 17.0 Å². The first-order chi connectivity index (χ1) is 14.8. The lowest BCUT2D eigenvalue weighted by Gasteiger charge is -2.13. The second-order valence-corrected chi connectivity index (χ2v) is 6.68. The van der Waals surface area contributed by atoms with E-state index >= 15 is 0 Å². The summed E-state index contributed by atoms with van der Waals surface area (Å²) in [6.45, 7) is 2.45. The summed E-state index contributed by atoms with van der Waals surface area (Å²) in [6.07, 6.45) is 2.71. The molecule has 0 unspecified atom stereocenters. The lowest BCUT2D eigenvalue weighted by Crippen LogP contribution is -2.24. The average molecular weight is 425 g/mol. The molecular weight excluding hydrogens is 406 g/mol.